The highest BCUT2D eigenvalue weighted by Crippen LogP contribution is 1.87. The normalized spacial score (nSPS) is 9.90. The van der Waals surface area contributed by atoms with Crippen LogP contribution in [0.15, 0.2) is 0 Å². The second-order valence-electron chi connectivity index (χ2n) is 2.09. The van der Waals surface area contributed by atoms with Gasteiger partial charge in [-0.05, 0) is 13.8 Å². The fraction of sp³-hybridized carbons (Fsp3) is 0.667. The van der Waals surface area contributed by atoms with Crippen LogP contribution in [-0.2, 0) is 14.3 Å². The highest BCUT2D eigenvalue weighted by Gasteiger charge is 2.11. The van der Waals surface area contributed by atoms with E-state index in [-0.39, 0.29) is 12.7 Å². The Morgan fingerprint density at radius 2 is 2.00 bits per heavy atom. The SMILES string of the molecule is CC(C)OCC(=O)C(=O)O. The van der Waals surface area contributed by atoms with Crippen LogP contribution in [0, 0.1) is 0 Å². The van der Waals surface area contributed by atoms with Gasteiger partial charge in [0.2, 0.25) is 0 Å². The van der Waals surface area contributed by atoms with Crippen molar-refractivity contribution in [1.82, 2.24) is 0 Å². The molecule has 0 aromatic carbocycles. The molecule has 0 bridgehead atoms. The molecule has 0 spiro atoms. The Labute approximate surface area is 58.8 Å². The smallest absolute Gasteiger partial charge is 0.374 e. The van der Waals surface area contributed by atoms with Crippen molar-refractivity contribution in [2.24, 2.45) is 0 Å². The van der Waals surface area contributed by atoms with E-state index in [1.165, 1.54) is 0 Å². The summed E-state index contributed by atoms with van der Waals surface area (Å²) in [5.74, 6) is -2.35. The van der Waals surface area contributed by atoms with Gasteiger partial charge < -0.3 is 9.84 Å². The van der Waals surface area contributed by atoms with Crippen LogP contribution in [-0.4, -0.2) is 29.6 Å². The topological polar surface area (TPSA) is 63.6 Å². The molecule has 0 saturated carbocycles. The van der Waals surface area contributed by atoms with E-state index in [0.29, 0.717) is 0 Å². The minimum Gasteiger partial charge on any atom is -0.475 e. The summed E-state index contributed by atoms with van der Waals surface area (Å²) < 4.78 is 4.73. The van der Waals surface area contributed by atoms with Crippen LogP contribution in [0.25, 0.3) is 0 Å². The summed E-state index contributed by atoms with van der Waals surface area (Å²) in [7, 11) is 0. The van der Waals surface area contributed by atoms with Crippen molar-refractivity contribution in [3.05, 3.63) is 0 Å². The van der Waals surface area contributed by atoms with Gasteiger partial charge in [0.1, 0.15) is 6.61 Å². The van der Waals surface area contributed by atoms with Gasteiger partial charge in [-0.3, -0.25) is 4.79 Å². The first-order valence-electron chi connectivity index (χ1n) is 2.91. The molecule has 10 heavy (non-hydrogen) atoms. The van der Waals surface area contributed by atoms with Crippen LogP contribution in [0.3, 0.4) is 0 Å². The molecule has 0 aliphatic heterocycles. The van der Waals surface area contributed by atoms with E-state index in [1.807, 2.05) is 0 Å². The van der Waals surface area contributed by atoms with Crippen molar-refractivity contribution in [2.45, 2.75) is 20.0 Å². The van der Waals surface area contributed by atoms with E-state index in [9.17, 15) is 9.59 Å². The monoisotopic (exact) mass is 146 g/mol. The van der Waals surface area contributed by atoms with Gasteiger partial charge in [-0.25, -0.2) is 4.79 Å². The van der Waals surface area contributed by atoms with Gasteiger partial charge in [0.15, 0.2) is 0 Å². The lowest BCUT2D eigenvalue weighted by Crippen LogP contribution is -2.20. The number of hydrogen-bond donors (Lipinski definition) is 1. The number of ether oxygens (including phenoxy) is 1. The molecule has 0 saturated heterocycles. The molecule has 4 nitrogen and oxygen atoms in total. The number of carboxylic acid groups (broad SMARTS) is 1. The molecule has 0 aromatic rings. The molecular weight excluding hydrogens is 136 g/mol. The molecule has 0 unspecified atom stereocenters. The van der Waals surface area contributed by atoms with Crippen molar-refractivity contribution in [1.29, 1.82) is 0 Å². The average Bonchev–Trinajstić information content (AvgIpc) is 1.82. The van der Waals surface area contributed by atoms with Crippen LogP contribution in [0.2, 0.25) is 0 Å². The molecule has 1 N–H and O–H groups in total. The number of aliphatic carboxylic acids is 1. The molecule has 0 aromatic heterocycles. The Morgan fingerprint density at radius 3 is 2.30 bits per heavy atom. The third kappa shape index (κ3) is 4.03. The van der Waals surface area contributed by atoms with E-state index in [2.05, 4.69) is 0 Å². The highest BCUT2D eigenvalue weighted by molar-refractivity contribution is 6.33. The fourth-order valence-corrected chi connectivity index (χ4v) is 0.304. The lowest BCUT2D eigenvalue weighted by Gasteiger charge is -2.02. The molecule has 0 rings (SSSR count). The van der Waals surface area contributed by atoms with E-state index < -0.39 is 11.8 Å². The van der Waals surface area contributed by atoms with E-state index in [0.717, 1.165) is 0 Å². The number of Topliss-reactive ketones (excluding diaryl/α,β-unsaturated/α-hetero) is 1. The first-order valence-corrected chi connectivity index (χ1v) is 2.91. The molecule has 4 heteroatoms. The maximum absolute atomic E-state index is 10.3. The van der Waals surface area contributed by atoms with E-state index in [4.69, 9.17) is 9.84 Å². The standard InChI is InChI=1S/C6H10O4/c1-4(2)10-3-5(7)6(8)9/h4H,3H2,1-2H3,(H,8,9). The van der Waals surface area contributed by atoms with Gasteiger partial charge in [0, 0.05) is 0 Å². The van der Waals surface area contributed by atoms with Crippen molar-refractivity contribution in [3.8, 4) is 0 Å². The third-order valence-corrected chi connectivity index (χ3v) is 0.786. The second-order valence-corrected chi connectivity index (χ2v) is 2.09. The summed E-state index contributed by atoms with van der Waals surface area (Å²) in [6, 6.07) is 0. The Hall–Kier alpha value is -0.900. The number of carboxylic acids is 1. The number of ketones is 1. The summed E-state index contributed by atoms with van der Waals surface area (Å²) in [4.78, 5) is 20.2. The summed E-state index contributed by atoms with van der Waals surface area (Å²) >= 11 is 0. The Balaban J connectivity index is 3.50. The minimum atomic E-state index is -1.44. The van der Waals surface area contributed by atoms with Crippen LogP contribution < -0.4 is 0 Å². The van der Waals surface area contributed by atoms with Crippen molar-refractivity contribution in [2.75, 3.05) is 6.61 Å². The number of hydrogen-bond acceptors (Lipinski definition) is 3. The predicted molar refractivity (Wildman–Crippen MR) is 33.7 cm³/mol. The van der Waals surface area contributed by atoms with E-state index >= 15 is 0 Å². The zero-order chi connectivity index (χ0) is 8.15. The first-order chi connectivity index (χ1) is 4.54. The fourth-order valence-electron chi connectivity index (χ4n) is 0.304. The summed E-state index contributed by atoms with van der Waals surface area (Å²) in [6.45, 7) is 3.12. The molecule has 0 amide bonds. The molecule has 0 heterocycles. The molecule has 0 fully saturated rings. The third-order valence-electron chi connectivity index (χ3n) is 0.786. The van der Waals surface area contributed by atoms with Gasteiger partial charge in [0.25, 0.3) is 5.78 Å². The van der Waals surface area contributed by atoms with Gasteiger partial charge in [0.05, 0.1) is 6.10 Å². The minimum absolute atomic E-state index is 0.108. The number of carbonyl (C=O) groups excluding carboxylic acids is 1. The quantitative estimate of drug-likeness (QED) is 0.570. The molecule has 58 valence electrons. The van der Waals surface area contributed by atoms with Gasteiger partial charge in [-0.2, -0.15) is 0 Å². The number of carbonyl (C=O) groups is 2. The molecule has 0 radical (unpaired) electrons. The predicted octanol–water partition coefficient (Wildman–Crippen LogP) is 0.0651. The van der Waals surface area contributed by atoms with Crippen LogP contribution in [0.5, 0.6) is 0 Å². The largest absolute Gasteiger partial charge is 0.475 e. The Bertz CT molecular complexity index is 139. The lowest BCUT2D eigenvalue weighted by atomic mass is 10.4. The number of rotatable bonds is 4. The second kappa shape index (κ2) is 4.00. The van der Waals surface area contributed by atoms with Crippen LogP contribution in [0.1, 0.15) is 13.8 Å². The molecular formula is C6H10O4. The first kappa shape index (κ1) is 9.10. The van der Waals surface area contributed by atoms with Gasteiger partial charge >= 0.3 is 5.97 Å². The van der Waals surface area contributed by atoms with Crippen molar-refractivity contribution >= 4 is 11.8 Å². The maximum Gasteiger partial charge on any atom is 0.374 e. The maximum atomic E-state index is 10.3. The van der Waals surface area contributed by atoms with Gasteiger partial charge in [-0.1, -0.05) is 0 Å². The average molecular weight is 146 g/mol. The zero-order valence-electron chi connectivity index (χ0n) is 5.96. The summed E-state index contributed by atoms with van der Waals surface area (Å²) in [5, 5.41) is 8.07. The molecule has 0 aliphatic carbocycles. The van der Waals surface area contributed by atoms with Crippen molar-refractivity contribution in [3.63, 3.8) is 0 Å². The Morgan fingerprint density at radius 1 is 1.50 bits per heavy atom. The zero-order valence-corrected chi connectivity index (χ0v) is 5.96. The summed E-state index contributed by atoms with van der Waals surface area (Å²) in [5.41, 5.74) is 0. The molecule has 0 aliphatic rings. The summed E-state index contributed by atoms with van der Waals surface area (Å²) in [6.07, 6.45) is -0.108. The van der Waals surface area contributed by atoms with Crippen LogP contribution in [0.4, 0.5) is 0 Å². The van der Waals surface area contributed by atoms with Gasteiger partial charge in [-0.15, -0.1) is 0 Å². The molecule has 0 atom stereocenters. The Kier molecular flexibility index (Phi) is 3.64. The highest BCUT2D eigenvalue weighted by atomic mass is 16.5. The lowest BCUT2D eigenvalue weighted by molar-refractivity contribution is -0.151. The van der Waals surface area contributed by atoms with Crippen molar-refractivity contribution < 1.29 is 19.4 Å². The van der Waals surface area contributed by atoms with E-state index in [1.54, 1.807) is 13.8 Å². The van der Waals surface area contributed by atoms with Crippen LogP contribution >= 0.6 is 0 Å².